The van der Waals surface area contributed by atoms with Gasteiger partial charge in [0.05, 0.1) is 17.6 Å². The summed E-state index contributed by atoms with van der Waals surface area (Å²) in [6.45, 7) is 0.591. The van der Waals surface area contributed by atoms with E-state index >= 15 is 0 Å². The van der Waals surface area contributed by atoms with Gasteiger partial charge in [0.1, 0.15) is 11.3 Å². The van der Waals surface area contributed by atoms with E-state index in [9.17, 15) is 20.0 Å². The molecule has 1 amide bonds. The number of benzene rings is 2. The van der Waals surface area contributed by atoms with E-state index in [4.69, 9.17) is 4.74 Å². The lowest BCUT2D eigenvalue weighted by Gasteiger charge is -2.13. The topological polar surface area (TPSA) is 102 Å². The van der Waals surface area contributed by atoms with Crippen molar-refractivity contribution in [3.8, 4) is 5.75 Å². The number of nitro benzene ring substituents is 1. The van der Waals surface area contributed by atoms with E-state index in [0.29, 0.717) is 12.2 Å². The van der Waals surface area contributed by atoms with Gasteiger partial charge in [-0.3, -0.25) is 14.9 Å². The van der Waals surface area contributed by atoms with Gasteiger partial charge in [0.2, 0.25) is 0 Å². The molecule has 1 atom stereocenters. The van der Waals surface area contributed by atoms with Gasteiger partial charge in [0, 0.05) is 19.0 Å². The molecule has 7 nitrogen and oxygen atoms in total. The Kier molecular flexibility index (Phi) is 4.43. The molecule has 7 heteroatoms. The van der Waals surface area contributed by atoms with Crippen molar-refractivity contribution < 1.29 is 19.6 Å². The first-order valence-corrected chi connectivity index (χ1v) is 7.51. The number of aliphatic hydroxyl groups is 1. The van der Waals surface area contributed by atoms with Gasteiger partial charge in [-0.15, -0.1) is 0 Å². The number of aliphatic hydroxyl groups excluding tert-OH is 1. The molecule has 3 rings (SSSR count). The number of ether oxygens (including phenoxy) is 1. The molecular formula is C17H16N2O5. The second-order valence-corrected chi connectivity index (χ2v) is 5.47. The molecule has 1 heterocycles. The van der Waals surface area contributed by atoms with Gasteiger partial charge in [0.15, 0.2) is 0 Å². The highest BCUT2D eigenvalue weighted by Gasteiger charge is 2.20. The van der Waals surface area contributed by atoms with Crippen LogP contribution in [0.15, 0.2) is 42.5 Å². The molecule has 0 saturated carbocycles. The van der Waals surface area contributed by atoms with Crippen LogP contribution >= 0.6 is 0 Å². The van der Waals surface area contributed by atoms with Crippen LogP contribution in [0.3, 0.4) is 0 Å². The number of nitrogens with one attached hydrogen (secondary N) is 1. The van der Waals surface area contributed by atoms with Crippen molar-refractivity contribution in [3.05, 3.63) is 69.3 Å². The molecule has 0 aromatic heterocycles. The predicted molar refractivity (Wildman–Crippen MR) is 86.0 cm³/mol. The fourth-order valence-electron chi connectivity index (χ4n) is 2.64. The van der Waals surface area contributed by atoms with Crippen molar-refractivity contribution in [2.45, 2.75) is 12.5 Å². The number of carbonyl (C=O) groups is 1. The summed E-state index contributed by atoms with van der Waals surface area (Å²) in [7, 11) is 0. The lowest BCUT2D eigenvalue weighted by molar-refractivity contribution is -0.385. The minimum Gasteiger partial charge on any atom is -0.493 e. The van der Waals surface area contributed by atoms with Crippen molar-refractivity contribution in [2.24, 2.45) is 0 Å². The molecule has 124 valence electrons. The van der Waals surface area contributed by atoms with Gasteiger partial charge < -0.3 is 15.2 Å². The summed E-state index contributed by atoms with van der Waals surface area (Å²) in [4.78, 5) is 22.5. The number of hydrogen-bond acceptors (Lipinski definition) is 5. The van der Waals surface area contributed by atoms with Crippen LogP contribution in [0, 0.1) is 10.1 Å². The zero-order chi connectivity index (χ0) is 17.1. The maximum Gasteiger partial charge on any atom is 0.282 e. The van der Waals surface area contributed by atoms with Gasteiger partial charge in [-0.2, -0.15) is 0 Å². The van der Waals surface area contributed by atoms with Crippen LogP contribution in [0.4, 0.5) is 5.69 Å². The molecule has 0 bridgehead atoms. The predicted octanol–water partition coefficient (Wildman–Crippen LogP) is 1.99. The highest BCUT2D eigenvalue weighted by Crippen LogP contribution is 2.28. The molecule has 0 spiro atoms. The molecule has 0 fully saturated rings. The van der Waals surface area contributed by atoms with E-state index in [1.54, 1.807) is 18.2 Å². The minimum absolute atomic E-state index is 0.0305. The summed E-state index contributed by atoms with van der Waals surface area (Å²) in [5, 5.41) is 23.7. The molecule has 1 aliphatic rings. The first-order valence-electron chi connectivity index (χ1n) is 7.51. The van der Waals surface area contributed by atoms with Crippen LogP contribution in [0.5, 0.6) is 5.75 Å². The third kappa shape index (κ3) is 3.21. The van der Waals surface area contributed by atoms with E-state index in [1.807, 2.05) is 6.07 Å². The van der Waals surface area contributed by atoms with Crippen molar-refractivity contribution in [3.63, 3.8) is 0 Å². The monoisotopic (exact) mass is 328 g/mol. The number of hydrogen-bond donors (Lipinski definition) is 2. The number of fused-ring (bicyclic) bond motifs is 1. The van der Waals surface area contributed by atoms with Gasteiger partial charge in [-0.25, -0.2) is 0 Å². The third-order valence-electron chi connectivity index (χ3n) is 3.90. The first kappa shape index (κ1) is 15.9. The Hall–Kier alpha value is -2.93. The zero-order valence-electron chi connectivity index (χ0n) is 12.8. The van der Waals surface area contributed by atoms with E-state index in [0.717, 1.165) is 17.7 Å². The number of rotatable bonds is 5. The Bertz CT molecular complexity index is 790. The Morgan fingerprint density at radius 1 is 1.33 bits per heavy atom. The van der Waals surface area contributed by atoms with Crippen molar-refractivity contribution >= 4 is 11.6 Å². The van der Waals surface area contributed by atoms with Gasteiger partial charge >= 0.3 is 0 Å². The fourth-order valence-corrected chi connectivity index (χ4v) is 2.64. The fraction of sp³-hybridized carbons (Fsp3) is 0.235. The largest absolute Gasteiger partial charge is 0.493 e. The SMILES string of the molecule is O=C(NCC(O)c1ccc2c(c1)CCO2)c1ccccc1[N+](=O)[O-]. The number of amides is 1. The van der Waals surface area contributed by atoms with E-state index in [2.05, 4.69) is 5.32 Å². The highest BCUT2D eigenvalue weighted by atomic mass is 16.6. The molecule has 2 aromatic carbocycles. The van der Waals surface area contributed by atoms with Gasteiger partial charge in [-0.1, -0.05) is 18.2 Å². The molecular weight excluding hydrogens is 312 g/mol. The molecule has 0 saturated heterocycles. The maximum absolute atomic E-state index is 12.1. The Morgan fingerprint density at radius 3 is 2.92 bits per heavy atom. The average molecular weight is 328 g/mol. The smallest absolute Gasteiger partial charge is 0.282 e. The molecule has 24 heavy (non-hydrogen) atoms. The normalized spacial score (nSPS) is 13.7. The summed E-state index contributed by atoms with van der Waals surface area (Å²) in [5.74, 6) is 0.223. The van der Waals surface area contributed by atoms with Crippen LogP contribution in [-0.4, -0.2) is 29.1 Å². The molecule has 1 aliphatic heterocycles. The lowest BCUT2D eigenvalue weighted by atomic mass is 10.0. The standard InChI is InChI=1S/C17H16N2O5/c20-15(11-5-6-16-12(9-11)7-8-24-16)10-18-17(21)13-3-1-2-4-14(13)19(22)23/h1-6,9,15,20H,7-8,10H2,(H,18,21). The first-order chi connectivity index (χ1) is 11.6. The Balaban J connectivity index is 1.67. The van der Waals surface area contributed by atoms with Crippen LogP contribution in [-0.2, 0) is 6.42 Å². The number of nitrogens with zero attached hydrogens (tertiary/aromatic N) is 1. The average Bonchev–Trinajstić information content (AvgIpc) is 3.06. The summed E-state index contributed by atoms with van der Waals surface area (Å²) in [6, 6.07) is 11.1. The Labute approximate surface area is 138 Å². The van der Waals surface area contributed by atoms with Crippen molar-refractivity contribution in [1.82, 2.24) is 5.32 Å². The second kappa shape index (κ2) is 6.67. The van der Waals surface area contributed by atoms with E-state index in [-0.39, 0.29) is 17.8 Å². The maximum atomic E-state index is 12.1. The molecule has 0 aliphatic carbocycles. The van der Waals surface area contributed by atoms with E-state index < -0.39 is 16.9 Å². The van der Waals surface area contributed by atoms with Crippen LogP contribution in [0.2, 0.25) is 0 Å². The molecule has 2 N–H and O–H groups in total. The minimum atomic E-state index is -0.900. The zero-order valence-corrected chi connectivity index (χ0v) is 12.8. The summed E-state index contributed by atoms with van der Waals surface area (Å²) in [6.07, 6.45) is -0.110. The van der Waals surface area contributed by atoms with Crippen LogP contribution in [0.25, 0.3) is 0 Å². The van der Waals surface area contributed by atoms with E-state index in [1.165, 1.54) is 18.2 Å². The molecule has 1 unspecified atom stereocenters. The summed E-state index contributed by atoms with van der Waals surface area (Å²) < 4.78 is 5.41. The van der Waals surface area contributed by atoms with Crippen LogP contribution < -0.4 is 10.1 Å². The number of para-hydroxylation sites is 1. The number of nitro groups is 1. The van der Waals surface area contributed by atoms with Crippen LogP contribution in [0.1, 0.15) is 27.6 Å². The summed E-state index contributed by atoms with van der Waals surface area (Å²) in [5.41, 5.74) is 1.40. The quantitative estimate of drug-likeness (QED) is 0.645. The van der Waals surface area contributed by atoms with Gasteiger partial charge in [0.25, 0.3) is 11.6 Å². The third-order valence-corrected chi connectivity index (χ3v) is 3.90. The second-order valence-electron chi connectivity index (χ2n) is 5.47. The van der Waals surface area contributed by atoms with Crippen molar-refractivity contribution in [1.29, 1.82) is 0 Å². The molecule has 0 radical (unpaired) electrons. The molecule has 2 aromatic rings. The van der Waals surface area contributed by atoms with Crippen molar-refractivity contribution in [2.75, 3.05) is 13.2 Å². The summed E-state index contributed by atoms with van der Waals surface area (Å²) >= 11 is 0. The lowest BCUT2D eigenvalue weighted by Crippen LogP contribution is -2.28. The van der Waals surface area contributed by atoms with Gasteiger partial charge in [-0.05, 0) is 29.3 Å². The highest BCUT2D eigenvalue weighted by molar-refractivity contribution is 5.98. The number of carbonyl (C=O) groups excluding carboxylic acids is 1. The Morgan fingerprint density at radius 2 is 2.12 bits per heavy atom.